The lowest BCUT2D eigenvalue weighted by Gasteiger charge is -2.32. The van der Waals surface area contributed by atoms with Crippen molar-refractivity contribution in [2.24, 2.45) is 11.3 Å². The van der Waals surface area contributed by atoms with Gasteiger partial charge in [-0.25, -0.2) is 0 Å². The van der Waals surface area contributed by atoms with Gasteiger partial charge < -0.3 is 4.79 Å². The van der Waals surface area contributed by atoms with Crippen molar-refractivity contribution < 1.29 is 4.79 Å². The van der Waals surface area contributed by atoms with Crippen LogP contribution in [0.15, 0.2) is 0 Å². The van der Waals surface area contributed by atoms with Crippen LogP contribution in [0.4, 0.5) is 0 Å². The molecular formula is C12H24O. The third-order valence-corrected chi connectivity index (χ3v) is 3.66. The van der Waals surface area contributed by atoms with E-state index >= 15 is 0 Å². The molecule has 0 saturated heterocycles. The van der Waals surface area contributed by atoms with Gasteiger partial charge in [0.05, 0.1) is 0 Å². The number of carbonyl (C=O) groups excluding carboxylic acids is 1. The van der Waals surface area contributed by atoms with Crippen molar-refractivity contribution in [2.75, 3.05) is 0 Å². The molecule has 1 atom stereocenters. The van der Waals surface area contributed by atoms with Gasteiger partial charge in [-0.3, -0.25) is 0 Å². The van der Waals surface area contributed by atoms with E-state index in [-0.39, 0.29) is 5.92 Å². The van der Waals surface area contributed by atoms with Gasteiger partial charge in [-0.05, 0) is 18.3 Å². The van der Waals surface area contributed by atoms with Gasteiger partial charge in [0.25, 0.3) is 0 Å². The minimum atomic E-state index is 0.278. The molecular weight excluding hydrogens is 160 g/mol. The number of aldehydes is 1. The van der Waals surface area contributed by atoms with Crippen molar-refractivity contribution in [3.8, 4) is 0 Å². The van der Waals surface area contributed by atoms with Crippen molar-refractivity contribution >= 4 is 6.29 Å². The third-order valence-electron chi connectivity index (χ3n) is 3.66. The van der Waals surface area contributed by atoms with E-state index in [1.807, 2.05) is 0 Å². The van der Waals surface area contributed by atoms with Crippen LogP contribution in [0.5, 0.6) is 0 Å². The highest BCUT2D eigenvalue weighted by atomic mass is 16.1. The topological polar surface area (TPSA) is 17.1 Å². The van der Waals surface area contributed by atoms with E-state index in [1.54, 1.807) is 0 Å². The van der Waals surface area contributed by atoms with Gasteiger partial charge in [0, 0.05) is 5.92 Å². The zero-order valence-electron chi connectivity index (χ0n) is 9.60. The fraction of sp³-hybridized carbons (Fsp3) is 0.917. The van der Waals surface area contributed by atoms with Crippen molar-refractivity contribution in [3.05, 3.63) is 0 Å². The van der Waals surface area contributed by atoms with E-state index in [4.69, 9.17) is 0 Å². The van der Waals surface area contributed by atoms with Gasteiger partial charge in [0.2, 0.25) is 0 Å². The molecule has 0 aromatic rings. The Morgan fingerprint density at radius 3 is 1.77 bits per heavy atom. The average molecular weight is 184 g/mol. The maximum absolute atomic E-state index is 10.8. The molecule has 0 fully saturated rings. The Morgan fingerprint density at radius 1 is 1.08 bits per heavy atom. The maximum Gasteiger partial charge on any atom is 0.123 e. The predicted molar refractivity (Wildman–Crippen MR) is 57.8 cm³/mol. The van der Waals surface area contributed by atoms with Crippen LogP contribution in [-0.4, -0.2) is 6.29 Å². The molecule has 1 nitrogen and oxygen atoms in total. The Morgan fingerprint density at radius 2 is 1.54 bits per heavy atom. The lowest BCUT2D eigenvalue weighted by atomic mass is 9.73. The molecule has 0 saturated carbocycles. The molecule has 0 aliphatic rings. The van der Waals surface area contributed by atoms with Crippen LogP contribution < -0.4 is 0 Å². The van der Waals surface area contributed by atoms with E-state index in [0.29, 0.717) is 5.41 Å². The van der Waals surface area contributed by atoms with Crippen LogP contribution in [-0.2, 0) is 4.79 Å². The fourth-order valence-electron chi connectivity index (χ4n) is 2.03. The van der Waals surface area contributed by atoms with E-state index in [9.17, 15) is 4.79 Å². The first-order chi connectivity index (χ1) is 6.17. The van der Waals surface area contributed by atoms with Gasteiger partial charge >= 0.3 is 0 Å². The van der Waals surface area contributed by atoms with E-state index in [2.05, 4.69) is 27.7 Å². The highest BCUT2D eigenvalue weighted by molar-refractivity contribution is 5.53. The van der Waals surface area contributed by atoms with Gasteiger partial charge in [-0.15, -0.1) is 0 Å². The zero-order chi connectivity index (χ0) is 10.3. The van der Waals surface area contributed by atoms with Crippen molar-refractivity contribution in [1.29, 1.82) is 0 Å². The van der Waals surface area contributed by atoms with E-state index < -0.39 is 0 Å². The number of rotatable bonds is 7. The van der Waals surface area contributed by atoms with Crippen LogP contribution >= 0.6 is 0 Å². The molecule has 1 unspecified atom stereocenters. The van der Waals surface area contributed by atoms with Crippen LogP contribution in [0.25, 0.3) is 0 Å². The molecule has 0 aliphatic heterocycles. The first-order valence-corrected chi connectivity index (χ1v) is 5.63. The Hall–Kier alpha value is -0.330. The van der Waals surface area contributed by atoms with Crippen molar-refractivity contribution in [3.63, 3.8) is 0 Å². The minimum absolute atomic E-state index is 0.278. The van der Waals surface area contributed by atoms with Crippen LogP contribution in [0.1, 0.15) is 59.8 Å². The predicted octanol–water partition coefficient (Wildman–Crippen LogP) is 3.82. The smallest absolute Gasteiger partial charge is 0.123 e. The maximum atomic E-state index is 10.8. The summed E-state index contributed by atoms with van der Waals surface area (Å²) in [7, 11) is 0. The fourth-order valence-corrected chi connectivity index (χ4v) is 2.03. The van der Waals surface area contributed by atoms with E-state index in [1.165, 1.54) is 19.3 Å². The first kappa shape index (κ1) is 12.7. The minimum Gasteiger partial charge on any atom is -0.303 e. The Kier molecular flexibility index (Phi) is 6.02. The number of carbonyl (C=O) groups is 1. The van der Waals surface area contributed by atoms with Crippen LogP contribution in [0, 0.1) is 11.3 Å². The summed E-state index contributed by atoms with van der Waals surface area (Å²) in [5, 5.41) is 0. The molecule has 0 heterocycles. The summed E-state index contributed by atoms with van der Waals surface area (Å²) in [6.07, 6.45) is 6.80. The molecule has 0 radical (unpaired) electrons. The summed E-state index contributed by atoms with van der Waals surface area (Å²) in [6, 6.07) is 0. The largest absolute Gasteiger partial charge is 0.303 e. The Bertz CT molecular complexity index is 128. The molecule has 0 aliphatic carbocycles. The summed E-state index contributed by atoms with van der Waals surface area (Å²) >= 11 is 0. The van der Waals surface area contributed by atoms with Gasteiger partial charge in [0.15, 0.2) is 0 Å². The monoisotopic (exact) mass is 184 g/mol. The lowest BCUT2D eigenvalue weighted by Crippen LogP contribution is -2.22. The van der Waals surface area contributed by atoms with Crippen LogP contribution in [0.3, 0.4) is 0 Å². The molecule has 0 bridgehead atoms. The highest BCUT2D eigenvalue weighted by Gasteiger charge is 2.26. The summed E-state index contributed by atoms with van der Waals surface area (Å²) in [6.45, 7) is 8.82. The molecule has 13 heavy (non-hydrogen) atoms. The average Bonchev–Trinajstić information content (AvgIpc) is 2.21. The molecule has 0 amide bonds. The van der Waals surface area contributed by atoms with Gasteiger partial charge in [0.1, 0.15) is 6.29 Å². The van der Waals surface area contributed by atoms with Gasteiger partial charge in [-0.2, -0.15) is 0 Å². The second-order valence-electron chi connectivity index (χ2n) is 4.07. The molecule has 0 aromatic carbocycles. The molecule has 0 spiro atoms. The molecule has 0 aromatic heterocycles. The number of hydrogen-bond acceptors (Lipinski definition) is 1. The highest BCUT2D eigenvalue weighted by Crippen LogP contribution is 2.37. The van der Waals surface area contributed by atoms with E-state index in [0.717, 1.165) is 19.1 Å². The molecule has 78 valence electrons. The normalized spacial score (nSPS) is 14.2. The van der Waals surface area contributed by atoms with Crippen LogP contribution in [0.2, 0.25) is 0 Å². The SMILES string of the molecule is CCC(C=O)CC(CC)(CC)CC. The number of hydrogen-bond donors (Lipinski definition) is 0. The summed E-state index contributed by atoms with van der Waals surface area (Å²) < 4.78 is 0. The molecule has 0 N–H and O–H groups in total. The second kappa shape index (κ2) is 6.17. The summed E-state index contributed by atoms with van der Waals surface area (Å²) in [4.78, 5) is 10.8. The quantitative estimate of drug-likeness (QED) is 0.550. The Labute approximate surface area is 82.9 Å². The lowest BCUT2D eigenvalue weighted by molar-refractivity contribution is -0.112. The third kappa shape index (κ3) is 3.50. The molecule has 0 rings (SSSR count). The Balaban J connectivity index is 4.29. The second-order valence-corrected chi connectivity index (χ2v) is 4.07. The molecule has 1 heteroatoms. The van der Waals surface area contributed by atoms with Crippen molar-refractivity contribution in [1.82, 2.24) is 0 Å². The standard InChI is InChI=1S/C12H24O/c1-5-11(10-13)9-12(6-2,7-3)8-4/h10-11H,5-9H2,1-4H3. The zero-order valence-corrected chi connectivity index (χ0v) is 9.60. The van der Waals surface area contributed by atoms with Gasteiger partial charge in [-0.1, -0.05) is 47.0 Å². The summed E-state index contributed by atoms with van der Waals surface area (Å²) in [5.41, 5.74) is 0.418. The summed E-state index contributed by atoms with van der Waals surface area (Å²) in [5.74, 6) is 0.278. The first-order valence-electron chi connectivity index (χ1n) is 5.63. The van der Waals surface area contributed by atoms with Crippen molar-refractivity contribution in [2.45, 2.75) is 59.8 Å².